The lowest BCUT2D eigenvalue weighted by atomic mass is 10.0. The zero-order valence-corrected chi connectivity index (χ0v) is 52.6. The summed E-state index contributed by atoms with van der Waals surface area (Å²) in [6.45, 7) is 9.07. The van der Waals surface area contributed by atoms with Crippen molar-refractivity contribution in [1.29, 1.82) is 0 Å². The molecule has 0 N–H and O–H groups in total. The fourth-order valence-corrected chi connectivity index (χ4v) is 30.0. The third-order valence-corrected chi connectivity index (χ3v) is 27.9. The lowest BCUT2D eigenvalue weighted by molar-refractivity contribution is 0.354. The molecule has 0 saturated carbocycles. The van der Waals surface area contributed by atoms with Gasteiger partial charge in [0.15, 0.2) is 8.32 Å². The van der Waals surface area contributed by atoms with Gasteiger partial charge in [-0.3, -0.25) is 0 Å². The normalized spacial score (nSPS) is 15.0. The third kappa shape index (κ3) is 48.5. The van der Waals surface area contributed by atoms with Crippen LogP contribution in [0.25, 0.3) is 0 Å². The van der Waals surface area contributed by atoms with Crippen molar-refractivity contribution in [3.63, 3.8) is 0 Å². The Balaban J connectivity index is 3.50. The van der Waals surface area contributed by atoms with Crippen LogP contribution in [-0.2, 0) is 49.4 Å². The molecule has 1 atom stereocenters. The summed E-state index contributed by atoms with van der Waals surface area (Å²) in [5, 5.41) is 0. The Morgan fingerprint density at radius 2 is 0.654 bits per heavy atom. The van der Waals surface area contributed by atoms with Crippen molar-refractivity contribution in [1.82, 2.24) is 0 Å². The topological polar surface area (TPSA) is 111 Å². The first kappa shape index (κ1) is 54.3. The van der Waals surface area contributed by atoms with Crippen molar-refractivity contribution in [3.05, 3.63) is 0 Å². The summed E-state index contributed by atoms with van der Waals surface area (Å²) in [5.74, 6) is 0. The van der Waals surface area contributed by atoms with E-state index in [1.54, 1.807) is 0 Å². The number of rotatable bonds is 46. The predicted octanol–water partition coefficient (Wildman–Crippen LogP) is -0.889. The molecule has 0 aromatic heterocycles. The Morgan fingerprint density at radius 1 is 0.385 bits per heavy atom. The molecule has 0 amide bonds. The fourth-order valence-electron chi connectivity index (χ4n) is 5.48. The molecule has 0 aliphatic rings. The molecule has 314 valence electrons. The quantitative estimate of drug-likeness (QED) is 0.0559. The second-order valence-electron chi connectivity index (χ2n) is 14.3. The minimum atomic E-state index is -1.66. The van der Waals surface area contributed by atoms with Gasteiger partial charge in [-0.1, -0.05) is 148 Å². The van der Waals surface area contributed by atoms with E-state index in [4.69, 9.17) is 49.4 Å². The molecular weight excluding hydrogens is 881 g/mol. The van der Waals surface area contributed by atoms with E-state index in [2.05, 4.69) is 26.6 Å². The minimum absolute atomic E-state index is 0.744. The average molecular weight is 964 g/mol. The molecule has 0 fully saturated rings. The van der Waals surface area contributed by atoms with Gasteiger partial charge in [-0.15, -0.1) is 0 Å². The van der Waals surface area contributed by atoms with Gasteiger partial charge in [0.05, 0.1) is 0 Å². The first-order valence-electron chi connectivity index (χ1n) is 20.5. The summed E-state index contributed by atoms with van der Waals surface area (Å²) in [5.41, 5.74) is 0. The Bertz CT molecular complexity index is 689. The van der Waals surface area contributed by atoms with E-state index in [0.29, 0.717) is 0 Å². The molecule has 0 saturated heterocycles. The van der Waals surface area contributed by atoms with Crippen LogP contribution in [0.5, 0.6) is 0 Å². The van der Waals surface area contributed by atoms with E-state index in [1.807, 2.05) is 0 Å². The van der Waals surface area contributed by atoms with Crippen molar-refractivity contribution in [3.8, 4) is 0 Å². The zero-order valence-electron chi connectivity index (χ0n) is 34.3. The molecule has 0 aliphatic carbocycles. The Labute approximate surface area is 349 Å². The Hall–Kier alpha value is 2.34. The van der Waals surface area contributed by atoms with Gasteiger partial charge in [-0.05, 0) is 25.7 Å². The SMILES string of the molecule is CCCCCCCCCCCCCCCCCCCCCCCC[SiH](O[SiH2]O[SiH2]O[SiH2]O[SiH2]O[SiH2]O[SiH2]O[SiH2]O[SiH2]O[SiH2]O[SiH2]O[SiH3])O[Si](C)(C)C. The van der Waals surface area contributed by atoms with E-state index in [1.165, 1.54) is 141 Å². The van der Waals surface area contributed by atoms with E-state index < -0.39 is 118 Å². The smallest absolute Gasteiger partial charge is 0.301 e. The molecular formula is C27H82O12Si13. The average Bonchev–Trinajstić information content (AvgIpc) is 3.12. The van der Waals surface area contributed by atoms with Gasteiger partial charge in [0.25, 0.3) is 100 Å². The summed E-state index contributed by atoms with van der Waals surface area (Å²) >= 11 is 0. The summed E-state index contributed by atoms with van der Waals surface area (Å²) < 4.78 is 67.8. The number of unbranched alkanes of at least 4 members (excludes halogenated alkanes) is 21. The van der Waals surface area contributed by atoms with E-state index in [-0.39, 0.29) is 0 Å². The monoisotopic (exact) mass is 962 g/mol. The van der Waals surface area contributed by atoms with E-state index >= 15 is 0 Å². The summed E-state index contributed by atoms with van der Waals surface area (Å²) in [6.07, 6.45) is 31.1. The second-order valence-corrected chi connectivity index (χ2v) is 41.6. The Kier molecular flexibility index (Phi) is 48.1. The molecule has 12 nitrogen and oxygen atoms in total. The van der Waals surface area contributed by atoms with Crippen LogP contribution in [0.2, 0.25) is 25.7 Å². The van der Waals surface area contributed by atoms with Gasteiger partial charge in [0.1, 0.15) is 10.5 Å². The van der Waals surface area contributed by atoms with Gasteiger partial charge >= 0.3 is 9.28 Å². The largest absolute Gasteiger partial charge is 0.449 e. The van der Waals surface area contributed by atoms with Gasteiger partial charge in [0.2, 0.25) is 0 Å². The summed E-state index contributed by atoms with van der Waals surface area (Å²) in [7, 11) is -12.2. The third-order valence-electron chi connectivity index (χ3n) is 8.15. The van der Waals surface area contributed by atoms with Crippen LogP contribution in [0.3, 0.4) is 0 Å². The maximum Gasteiger partial charge on any atom is 0.301 e. The summed E-state index contributed by atoms with van der Waals surface area (Å²) in [4.78, 5) is 0. The van der Waals surface area contributed by atoms with Crippen LogP contribution < -0.4 is 0 Å². The fraction of sp³-hybridized carbons (Fsp3) is 1.00. The van der Waals surface area contributed by atoms with Crippen molar-refractivity contribution < 1.29 is 49.4 Å². The van der Waals surface area contributed by atoms with Crippen LogP contribution in [-0.4, -0.2) is 128 Å². The van der Waals surface area contributed by atoms with E-state index in [9.17, 15) is 0 Å². The lowest BCUT2D eigenvalue weighted by Crippen LogP contribution is -2.38. The molecule has 25 heteroatoms. The van der Waals surface area contributed by atoms with Crippen LogP contribution in [0.4, 0.5) is 0 Å². The van der Waals surface area contributed by atoms with E-state index in [0.717, 1.165) is 16.5 Å². The first-order valence-corrected chi connectivity index (χ1v) is 38.0. The second kappa shape index (κ2) is 46.0. The molecule has 0 radical (unpaired) electrons. The molecule has 0 spiro atoms. The maximum atomic E-state index is 6.46. The van der Waals surface area contributed by atoms with Crippen LogP contribution in [0, 0.1) is 0 Å². The molecule has 0 aromatic carbocycles. The highest BCUT2D eigenvalue weighted by molar-refractivity contribution is 6.76. The highest BCUT2D eigenvalue weighted by Crippen LogP contribution is 2.17. The highest BCUT2D eigenvalue weighted by Gasteiger charge is 2.23. The van der Waals surface area contributed by atoms with Crippen molar-refractivity contribution >= 4 is 128 Å². The molecule has 0 rings (SSSR count). The van der Waals surface area contributed by atoms with Crippen molar-refractivity contribution in [2.75, 3.05) is 0 Å². The van der Waals surface area contributed by atoms with Crippen LogP contribution >= 0.6 is 0 Å². The van der Waals surface area contributed by atoms with Gasteiger partial charge in [0, 0.05) is 0 Å². The molecule has 0 aromatic rings. The van der Waals surface area contributed by atoms with Gasteiger partial charge < -0.3 is 49.4 Å². The minimum Gasteiger partial charge on any atom is -0.449 e. The maximum absolute atomic E-state index is 6.46. The number of hydrogen-bond acceptors (Lipinski definition) is 12. The highest BCUT2D eigenvalue weighted by atomic mass is 28.4. The predicted molar refractivity (Wildman–Crippen MR) is 251 cm³/mol. The number of hydrogen-bond donors (Lipinski definition) is 0. The van der Waals surface area contributed by atoms with Crippen LogP contribution in [0.1, 0.15) is 148 Å². The summed E-state index contributed by atoms with van der Waals surface area (Å²) in [6, 6.07) is 1.10. The molecule has 52 heavy (non-hydrogen) atoms. The first-order chi connectivity index (χ1) is 25.5. The van der Waals surface area contributed by atoms with Crippen molar-refractivity contribution in [2.24, 2.45) is 0 Å². The van der Waals surface area contributed by atoms with Crippen molar-refractivity contribution in [2.45, 2.75) is 174 Å². The molecule has 0 bridgehead atoms. The molecule has 1 unspecified atom stereocenters. The molecule has 0 heterocycles. The Morgan fingerprint density at radius 3 is 0.942 bits per heavy atom. The lowest BCUT2D eigenvalue weighted by Gasteiger charge is -2.25. The zero-order chi connectivity index (χ0) is 37.9. The van der Waals surface area contributed by atoms with Gasteiger partial charge in [-0.2, -0.15) is 0 Å². The van der Waals surface area contributed by atoms with Gasteiger partial charge in [-0.25, -0.2) is 0 Å². The standard InChI is InChI=1S/C27H82O12Si13/c1-5-6-7-8-9-10-11-12-13-14-15-16-17-18-19-20-21-22-23-24-25-26-27-51(39-52(2,3)4)38-50-37-49-36-48-35-47-34-46-33-45-32-44-31-43-30-42-29-41-28-40/h51H,5-27,41-50H2,1-4,40H3. The molecule has 0 aliphatic heterocycles. The van der Waals surface area contributed by atoms with Crippen LogP contribution in [0.15, 0.2) is 0 Å².